The second kappa shape index (κ2) is 4.89. The van der Waals surface area contributed by atoms with E-state index in [1.54, 1.807) is 12.1 Å². The maximum Gasteiger partial charge on any atom is 0.239 e. The van der Waals surface area contributed by atoms with E-state index >= 15 is 0 Å². The van der Waals surface area contributed by atoms with E-state index in [1.807, 2.05) is 6.92 Å². The predicted octanol–water partition coefficient (Wildman–Crippen LogP) is 1.76. The van der Waals surface area contributed by atoms with Gasteiger partial charge in [-0.15, -0.1) is 11.6 Å². The number of rotatable bonds is 3. The molecule has 5 heteroatoms. The number of amides is 1. The summed E-state index contributed by atoms with van der Waals surface area (Å²) in [6, 6.07) is 3.41. The first-order chi connectivity index (χ1) is 7.08. The third-order valence-electron chi connectivity index (χ3n) is 1.98. The van der Waals surface area contributed by atoms with Crippen LogP contribution in [0.25, 0.3) is 0 Å². The molecule has 0 heterocycles. The van der Waals surface area contributed by atoms with E-state index < -0.39 is 0 Å². The molecule has 4 nitrogen and oxygen atoms in total. The van der Waals surface area contributed by atoms with Crippen LogP contribution in [0.5, 0.6) is 5.75 Å². The van der Waals surface area contributed by atoms with Crippen molar-refractivity contribution in [3.05, 3.63) is 17.7 Å². The predicted molar refractivity (Wildman–Crippen MR) is 61.5 cm³/mol. The third-order valence-corrected chi connectivity index (χ3v) is 2.23. The molecule has 0 aliphatic heterocycles. The van der Waals surface area contributed by atoms with Gasteiger partial charge in [0.25, 0.3) is 0 Å². The standard InChI is InChI=1S/C10H13ClN2O2/c1-6-3-8(13-10(14)5-11)9(15-2)4-7(6)12/h3-4H,5,12H2,1-2H3,(H,13,14). The fraction of sp³-hybridized carbons (Fsp3) is 0.300. The molecule has 0 bridgehead atoms. The molecule has 1 rings (SSSR count). The average Bonchev–Trinajstić information content (AvgIpc) is 2.22. The van der Waals surface area contributed by atoms with Crippen LogP contribution in [0.4, 0.5) is 11.4 Å². The number of nitrogen functional groups attached to an aromatic ring is 1. The Labute approximate surface area is 93.4 Å². The van der Waals surface area contributed by atoms with Crippen LogP contribution in [0.1, 0.15) is 5.56 Å². The summed E-state index contributed by atoms with van der Waals surface area (Å²) in [5, 5.41) is 2.63. The zero-order valence-corrected chi connectivity index (χ0v) is 9.39. The molecule has 0 spiro atoms. The Bertz CT molecular complexity index is 380. The summed E-state index contributed by atoms with van der Waals surface area (Å²) in [7, 11) is 1.51. The Kier molecular flexibility index (Phi) is 3.80. The summed E-state index contributed by atoms with van der Waals surface area (Å²) in [5.74, 6) is 0.155. The lowest BCUT2D eigenvalue weighted by Gasteiger charge is -2.11. The molecule has 0 aliphatic rings. The normalized spacial score (nSPS) is 9.80. The number of nitrogens with one attached hydrogen (secondary N) is 1. The maximum atomic E-state index is 11.1. The Balaban J connectivity index is 3.05. The fourth-order valence-electron chi connectivity index (χ4n) is 1.15. The van der Waals surface area contributed by atoms with E-state index in [4.69, 9.17) is 22.1 Å². The van der Waals surface area contributed by atoms with Crippen molar-refractivity contribution in [1.82, 2.24) is 0 Å². The zero-order valence-electron chi connectivity index (χ0n) is 8.63. The zero-order chi connectivity index (χ0) is 11.4. The number of hydrogen-bond donors (Lipinski definition) is 2. The first-order valence-corrected chi connectivity index (χ1v) is 4.92. The monoisotopic (exact) mass is 228 g/mol. The lowest BCUT2D eigenvalue weighted by atomic mass is 10.1. The summed E-state index contributed by atoms with van der Waals surface area (Å²) in [4.78, 5) is 11.1. The lowest BCUT2D eigenvalue weighted by molar-refractivity contribution is -0.113. The highest BCUT2D eigenvalue weighted by atomic mass is 35.5. The maximum absolute atomic E-state index is 11.1. The van der Waals surface area contributed by atoms with Gasteiger partial charge >= 0.3 is 0 Å². The van der Waals surface area contributed by atoms with Crippen molar-refractivity contribution in [2.24, 2.45) is 0 Å². The minimum Gasteiger partial charge on any atom is -0.494 e. The van der Waals surface area contributed by atoms with Crippen LogP contribution < -0.4 is 15.8 Å². The van der Waals surface area contributed by atoms with Gasteiger partial charge in [0.1, 0.15) is 11.6 Å². The Hall–Kier alpha value is -1.42. The SMILES string of the molecule is COc1cc(N)c(C)cc1NC(=O)CCl. The minimum absolute atomic E-state index is 0.0907. The van der Waals surface area contributed by atoms with Crippen molar-refractivity contribution in [3.63, 3.8) is 0 Å². The molecule has 15 heavy (non-hydrogen) atoms. The van der Waals surface area contributed by atoms with Crippen LogP contribution in [0.3, 0.4) is 0 Å². The largest absolute Gasteiger partial charge is 0.494 e. The number of nitrogens with two attached hydrogens (primary N) is 1. The summed E-state index contributed by atoms with van der Waals surface area (Å²) in [6.45, 7) is 1.85. The molecule has 1 aromatic rings. The lowest BCUT2D eigenvalue weighted by Crippen LogP contribution is -2.13. The number of ether oxygens (including phenoxy) is 1. The molecule has 1 aromatic carbocycles. The molecule has 3 N–H and O–H groups in total. The summed E-state index contributed by atoms with van der Waals surface area (Å²) in [6.07, 6.45) is 0. The van der Waals surface area contributed by atoms with E-state index in [1.165, 1.54) is 7.11 Å². The smallest absolute Gasteiger partial charge is 0.239 e. The van der Waals surface area contributed by atoms with Gasteiger partial charge in [-0.1, -0.05) is 0 Å². The first-order valence-electron chi connectivity index (χ1n) is 4.38. The highest BCUT2D eigenvalue weighted by molar-refractivity contribution is 6.29. The number of carbonyl (C=O) groups excluding carboxylic acids is 1. The van der Waals surface area contributed by atoms with Gasteiger partial charge in [0.2, 0.25) is 5.91 Å². The van der Waals surface area contributed by atoms with Gasteiger partial charge in [0.15, 0.2) is 0 Å². The highest BCUT2D eigenvalue weighted by Crippen LogP contribution is 2.29. The van der Waals surface area contributed by atoms with Crippen LogP contribution in [0.15, 0.2) is 12.1 Å². The van der Waals surface area contributed by atoms with E-state index in [0.717, 1.165) is 5.56 Å². The van der Waals surface area contributed by atoms with Crippen molar-refractivity contribution in [2.45, 2.75) is 6.92 Å². The molecule has 0 aliphatic carbocycles. The van der Waals surface area contributed by atoms with Crippen LogP contribution >= 0.6 is 11.6 Å². The number of anilines is 2. The third kappa shape index (κ3) is 2.76. The van der Waals surface area contributed by atoms with Crippen LogP contribution in [0.2, 0.25) is 0 Å². The number of halogens is 1. The van der Waals surface area contributed by atoms with E-state index in [0.29, 0.717) is 17.1 Å². The van der Waals surface area contributed by atoms with E-state index in [-0.39, 0.29) is 11.8 Å². The van der Waals surface area contributed by atoms with Gasteiger partial charge in [-0.2, -0.15) is 0 Å². The van der Waals surface area contributed by atoms with Gasteiger partial charge < -0.3 is 15.8 Å². The number of alkyl halides is 1. The second-order valence-corrected chi connectivity index (χ2v) is 3.36. The van der Waals surface area contributed by atoms with E-state index in [2.05, 4.69) is 5.32 Å². The Morgan fingerprint density at radius 3 is 2.80 bits per heavy atom. The molecule has 1 amide bonds. The van der Waals surface area contributed by atoms with Crippen molar-refractivity contribution in [2.75, 3.05) is 24.0 Å². The van der Waals surface area contributed by atoms with Gasteiger partial charge in [-0.25, -0.2) is 0 Å². The molecule has 0 aromatic heterocycles. The molecular formula is C10H13ClN2O2. The molecule has 0 radical (unpaired) electrons. The van der Waals surface area contributed by atoms with Crippen LogP contribution in [-0.4, -0.2) is 18.9 Å². The average molecular weight is 229 g/mol. The van der Waals surface area contributed by atoms with Gasteiger partial charge in [0, 0.05) is 11.8 Å². The number of carbonyl (C=O) groups is 1. The molecule has 0 unspecified atom stereocenters. The summed E-state index contributed by atoms with van der Waals surface area (Å²) >= 11 is 5.39. The van der Waals surface area contributed by atoms with Crippen molar-refractivity contribution < 1.29 is 9.53 Å². The molecule has 0 atom stereocenters. The molecular weight excluding hydrogens is 216 g/mol. The molecule has 0 saturated carbocycles. The number of hydrogen-bond acceptors (Lipinski definition) is 3. The van der Waals surface area contributed by atoms with Crippen LogP contribution in [0, 0.1) is 6.92 Å². The van der Waals surface area contributed by atoms with Crippen molar-refractivity contribution >= 4 is 28.9 Å². The first kappa shape index (κ1) is 11.7. The number of methoxy groups -OCH3 is 1. The fourth-order valence-corrected chi connectivity index (χ4v) is 1.22. The summed E-state index contributed by atoms with van der Waals surface area (Å²) in [5.41, 5.74) is 7.78. The van der Waals surface area contributed by atoms with E-state index in [9.17, 15) is 4.79 Å². The second-order valence-electron chi connectivity index (χ2n) is 3.09. The molecule has 0 saturated heterocycles. The van der Waals surface area contributed by atoms with Crippen molar-refractivity contribution in [3.8, 4) is 5.75 Å². The van der Waals surface area contributed by atoms with Crippen molar-refractivity contribution in [1.29, 1.82) is 0 Å². The quantitative estimate of drug-likeness (QED) is 0.612. The molecule has 0 fully saturated rings. The van der Waals surface area contributed by atoms with Gasteiger partial charge in [0.05, 0.1) is 12.8 Å². The Morgan fingerprint density at radius 2 is 2.27 bits per heavy atom. The number of aryl methyl sites for hydroxylation is 1. The Morgan fingerprint density at radius 1 is 1.60 bits per heavy atom. The molecule has 82 valence electrons. The van der Waals surface area contributed by atoms with Gasteiger partial charge in [-0.3, -0.25) is 4.79 Å². The van der Waals surface area contributed by atoms with Gasteiger partial charge in [-0.05, 0) is 18.6 Å². The number of benzene rings is 1. The highest BCUT2D eigenvalue weighted by Gasteiger charge is 2.08. The minimum atomic E-state index is -0.279. The summed E-state index contributed by atoms with van der Waals surface area (Å²) < 4.78 is 5.09. The topological polar surface area (TPSA) is 64.3 Å². The van der Waals surface area contributed by atoms with Crippen LogP contribution in [-0.2, 0) is 4.79 Å².